The Morgan fingerprint density at radius 2 is 2.08 bits per heavy atom. The summed E-state index contributed by atoms with van der Waals surface area (Å²) in [6.07, 6.45) is 9.77. The van der Waals surface area contributed by atoms with Crippen LogP contribution in [0.1, 0.15) is 83.7 Å². The number of hydrogen-bond donors (Lipinski definition) is 0. The molecule has 0 radical (unpaired) electrons. The molecule has 1 aromatic rings. The highest BCUT2D eigenvalue weighted by atomic mass is 16.6. The molecule has 0 saturated heterocycles. The molecular formula is C19H28N4O2. The number of rotatable bonds is 5. The molecule has 0 aromatic carbocycles. The summed E-state index contributed by atoms with van der Waals surface area (Å²) in [5.41, 5.74) is -0.154. The van der Waals surface area contributed by atoms with E-state index in [9.17, 15) is 10.1 Å². The van der Waals surface area contributed by atoms with Crippen LogP contribution in [0, 0.1) is 17.2 Å². The van der Waals surface area contributed by atoms with Crippen LogP contribution in [0.4, 0.5) is 0 Å². The smallest absolute Gasteiger partial charge is 0.306 e. The predicted molar refractivity (Wildman–Crippen MR) is 92.6 cm³/mol. The quantitative estimate of drug-likeness (QED) is 0.761. The maximum absolute atomic E-state index is 12.4. The van der Waals surface area contributed by atoms with Gasteiger partial charge < -0.3 is 4.74 Å². The van der Waals surface area contributed by atoms with E-state index in [0.29, 0.717) is 12.3 Å². The standard InChI is InChI=1S/C19H28N4O2/c1-18(2,3)25-17(24)11-15(14-7-5-4-6-8-14)16-12-23(22-21-16)19(13-20)9-10-19/h12,14-15H,4-11H2,1-3H3/t15-/m0/s1. The molecule has 2 saturated carbocycles. The first kappa shape index (κ1) is 17.9. The minimum absolute atomic E-state index is 0.0263. The van der Waals surface area contributed by atoms with Crippen LogP contribution in [0.2, 0.25) is 0 Å². The maximum Gasteiger partial charge on any atom is 0.306 e. The summed E-state index contributed by atoms with van der Waals surface area (Å²) in [5.74, 6) is 0.279. The van der Waals surface area contributed by atoms with E-state index in [-0.39, 0.29) is 11.9 Å². The van der Waals surface area contributed by atoms with E-state index in [2.05, 4.69) is 16.4 Å². The lowest BCUT2D eigenvalue weighted by Crippen LogP contribution is -2.27. The molecule has 1 atom stereocenters. The summed E-state index contributed by atoms with van der Waals surface area (Å²) in [7, 11) is 0. The number of ether oxygens (including phenoxy) is 1. The summed E-state index contributed by atoms with van der Waals surface area (Å²) in [4.78, 5) is 12.4. The normalized spacial score (nSPS) is 21.4. The predicted octanol–water partition coefficient (Wildman–Crippen LogP) is 3.69. The van der Waals surface area contributed by atoms with Gasteiger partial charge >= 0.3 is 5.97 Å². The van der Waals surface area contributed by atoms with Crippen LogP contribution in [0.3, 0.4) is 0 Å². The summed E-state index contributed by atoms with van der Waals surface area (Å²) >= 11 is 0. The average molecular weight is 344 g/mol. The number of carbonyl (C=O) groups excluding carboxylic acids is 1. The van der Waals surface area contributed by atoms with Crippen molar-refractivity contribution in [1.29, 1.82) is 5.26 Å². The molecule has 0 amide bonds. The van der Waals surface area contributed by atoms with Crippen molar-refractivity contribution in [3.63, 3.8) is 0 Å². The lowest BCUT2D eigenvalue weighted by atomic mass is 9.77. The van der Waals surface area contributed by atoms with E-state index in [1.165, 1.54) is 19.3 Å². The van der Waals surface area contributed by atoms with Crippen molar-refractivity contribution in [2.45, 2.75) is 89.2 Å². The van der Waals surface area contributed by atoms with Crippen molar-refractivity contribution in [3.8, 4) is 6.07 Å². The Balaban J connectivity index is 1.79. The van der Waals surface area contributed by atoms with Crippen LogP contribution in [0.5, 0.6) is 0 Å². The van der Waals surface area contributed by atoms with Gasteiger partial charge in [-0.2, -0.15) is 5.26 Å². The average Bonchev–Trinajstić information content (AvgIpc) is 3.21. The number of nitriles is 1. The van der Waals surface area contributed by atoms with E-state index in [0.717, 1.165) is 31.4 Å². The second kappa shape index (κ2) is 6.78. The Morgan fingerprint density at radius 3 is 2.64 bits per heavy atom. The monoisotopic (exact) mass is 344 g/mol. The van der Waals surface area contributed by atoms with Crippen LogP contribution in [0.15, 0.2) is 6.20 Å². The molecule has 6 nitrogen and oxygen atoms in total. The molecule has 2 fully saturated rings. The Bertz CT molecular complexity index is 658. The fraction of sp³-hybridized carbons (Fsp3) is 0.789. The van der Waals surface area contributed by atoms with E-state index < -0.39 is 11.1 Å². The van der Waals surface area contributed by atoms with Gasteiger partial charge in [0.1, 0.15) is 5.60 Å². The van der Waals surface area contributed by atoms with Crippen LogP contribution in [-0.2, 0) is 15.1 Å². The van der Waals surface area contributed by atoms with Gasteiger partial charge in [0.05, 0.1) is 24.4 Å². The largest absolute Gasteiger partial charge is 0.460 e. The van der Waals surface area contributed by atoms with Gasteiger partial charge in [0.15, 0.2) is 5.54 Å². The first-order valence-corrected chi connectivity index (χ1v) is 9.39. The summed E-state index contributed by atoms with van der Waals surface area (Å²) in [6, 6.07) is 2.34. The third-order valence-electron chi connectivity index (χ3n) is 5.29. The summed E-state index contributed by atoms with van der Waals surface area (Å²) < 4.78 is 7.24. The molecule has 0 spiro atoms. The highest BCUT2D eigenvalue weighted by Gasteiger charge is 2.47. The van der Waals surface area contributed by atoms with Gasteiger partial charge in [-0.3, -0.25) is 4.79 Å². The molecule has 1 heterocycles. The first-order valence-electron chi connectivity index (χ1n) is 9.39. The van der Waals surface area contributed by atoms with Crippen molar-refractivity contribution < 1.29 is 9.53 Å². The zero-order valence-electron chi connectivity index (χ0n) is 15.5. The summed E-state index contributed by atoms with van der Waals surface area (Å²) in [5, 5.41) is 17.9. The fourth-order valence-corrected chi connectivity index (χ4v) is 3.78. The molecule has 3 rings (SSSR count). The van der Waals surface area contributed by atoms with Crippen molar-refractivity contribution in [3.05, 3.63) is 11.9 Å². The highest BCUT2D eigenvalue weighted by molar-refractivity contribution is 5.71. The van der Waals surface area contributed by atoms with Gasteiger partial charge in [-0.25, -0.2) is 4.68 Å². The number of hydrogen-bond acceptors (Lipinski definition) is 5. The van der Waals surface area contributed by atoms with Crippen LogP contribution < -0.4 is 0 Å². The Morgan fingerprint density at radius 1 is 1.40 bits per heavy atom. The minimum atomic E-state index is -0.506. The van der Waals surface area contributed by atoms with Gasteiger partial charge in [0, 0.05) is 5.92 Å². The van der Waals surface area contributed by atoms with Gasteiger partial charge in [-0.15, -0.1) is 5.10 Å². The topological polar surface area (TPSA) is 80.8 Å². The third kappa shape index (κ3) is 4.20. The molecule has 0 N–H and O–H groups in total. The van der Waals surface area contributed by atoms with Crippen molar-refractivity contribution in [2.24, 2.45) is 5.92 Å². The van der Waals surface area contributed by atoms with E-state index >= 15 is 0 Å². The first-order chi connectivity index (χ1) is 11.8. The van der Waals surface area contributed by atoms with Gasteiger partial charge in [0.25, 0.3) is 0 Å². The Kier molecular flexibility index (Phi) is 4.86. The zero-order valence-corrected chi connectivity index (χ0v) is 15.5. The number of aromatic nitrogens is 3. The molecule has 0 aliphatic heterocycles. The molecule has 25 heavy (non-hydrogen) atoms. The summed E-state index contributed by atoms with van der Waals surface area (Å²) in [6.45, 7) is 5.67. The lowest BCUT2D eigenvalue weighted by Gasteiger charge is -2.29. The third-order valence-corrected chi connectivity index (χ3v) is 5.29. The van der Waals surface area contributed by atoms with Crippen LogP contribution in [-0.4, -0.2) is 26.6 Å². The van der Waals surface area contributed by atoms with Gasteiger partial charge in [-0.05, 0) is 52.4 Å². The molecule has 2 aliphatic rings. The maximum atomic E-state index is 12.4. The number of esters is 1. The second-order valence-electron chi connectivity index (χ2n) is 8.53. The van der Waals surface area contributed by atoms with Gasteiger partial charge in [0.2, 0.25) is 0 Å². The van der Waals surface area contributed by atoms with E-state index in [4.69, 9.17) is 4.74 Å². The molecule has 6 heteroatoms. The van der Waals surface area contributed by atoms with Crippen molar-refractivity contribution in [1.82, 2.24) is 15.0 Å². The molecule has 0 bridgehead atoms. The minimum Gasteiger partial charge on any atom is -0.460 e. The SMILES string of the molecule is CC(C)(C)OC(=O)C[C@H](c1cn(C2(C#N)CC2)nn1)C1CCCCC1. The number of carbonyl (C=O) groups is 1. The van der Waals surface area contributed by atoms with E-state index in [1.807, 2.05) is 27.0 Å². The van der Waals surface area contributed by atoms with E-state index in [1.54, 1.807) is 4.68 Å². The van der Waals surface area contributed by atoms with Gasteiger partial charge in [-0.1, -0.05) is 24.5 Å². The Hall–Kier alpha value is -1.90. The molecule has 136 valence electrons. The lowest BCUT2D eigenvalue weighted by molar-refractivity contribution is -0.155. The van der Waals surface area contributed by atoms with Crippen LogP contribution in [0.25, 0.3) is 0 Å². The molecular weight excluding hydrogens is 316 g/mol. The molecule has 2 aliphatic carbocycles. The fourth-order valence-electron chi connectivity index (χ4n) is 3.78. The Labute approximate surface area is 149 Å². The second-order valence-corrected chi connectivity index (χ2v) is 8.53. The number of nitrogens with zero attached hydrogens (tertiary/aromatic N) is 4. The van der Waals surface area contributed by atoms with Crippen molar-refractivity contribution in [2.75, 3.05) is 0 Å². The van der Waals surface area contributed by atoms with Crippen molar-refractivity contribution >= 4 is 5.97 Å². The molecule has 1 aromatic heterocycles. The highest BCUT2D eigenvalue weighted by Crippen LogP contribution is 2.43. The molecule has 0 unspecified atom stereocenters. The van der Waals surface area contributed by atoms with Crippen LogP contribution >= 0.6 is 0 Å². The zero-order chi connectivity index (χ0) is 18.1.